The van der Waals surface area contributed by atoms with Crippen LogP contribution in [0.25, 0.3) is 17.0 Å². The zero-order chi connectivity index (χ0) is 23.1. The molecule has 2 heterocycles. The molecule has 0 unspecified atom stereocenters. The van der Waals surface area contributed by atoms with Gasteiger partial charge in [0.05, 0.1) is 11.1 Å². The summed E-state index contributed by atoms with van der Waals surface area (Å²) in [6.45, 7) is 6.65. The maximum absolute atomic E-state index is 13.0. The molecule has 164 valence electrons. The summed E-state index contributed by atoms with van der Waals surface area (Å²) in [6, 6.07) is 18.6. The highest BCUT2D eigenvalue weighted by Gasteiger charge is 2.31. The zero-order valence-electron chi connectivity index (χ0n) is 18.7. The first kappa shape index (κ1) is 20.8. The van der Waals surface area contributed by atoms with E-state index in [2.05, 4.69) is 17.6 Å². The number of benzene rings is 3. The fourth-order valence-corrected chi connectivity index (χ4v) is 4.12. The van der Waals surface area contributed by atoms with Gasteiger partial charge in [-0.3, -0.25) is 4.79 Å². The number of Topliss-reactive ketones (excluding diaryl/α,β-unsaturated/α-hetero) is 1. The van der Waals surface area contributed by atoms with Crippen molar-refractivity contribution in [3.8, 4) is 11.5 Å². The molecule has 0 saturated heterocycles. The van der Waals surface area contributed by atoms with Crippen LogP contribution in [0.4, 0.5) is 0 Å². The van der Waals surface area contributed by atoms with Crippen LogP contribution in [0.2, 0.25) is 0 Å². The molecule has 1 aromatic heterocycles. The summed E-state index contributed by atoms with van der Waals surface area (Å²) < 4.78 is 13.7. The van der Waals surface area contributed by atoms with Crippen LogP contribution in [0, 0.1) is 13.8 Å². The Hall–Kier alpha value is -4.12. The van der Waals surface area contributed by atoms with Crippen LogP contribution in [0.3, 0.4) is 0 Å². The van der Waals surface area contributed by atoms with Gasteiger partial charge in [0.1, 0.15) is 11.5 Å². The van der Waals surface area contributed by atoms with Crippen LogP contribution in [0.1, 0.15) is 44.3 Å². The van der Waals surface area contributed by atoms with Crippen LogP contribution in [-0.4, -0.2) is 16.3 Å². The predicted molar refractivity (Wildman–Crippen MR) is 128 cm³/mol. The molecular formula is C28H23NO4. The van der Waals surface area contributed by atoms with Gasteiger partial charge in [0.15, 0.2) is 5.76 Å². The standard InChI is InChI=1S/C28H23NO4/c1-4-29-16-20(21-7-5-6-8-23(21)29)15-25-26(30)22-13-14-24(18(3)27(22)32-25)33-28(31)19-11-9-17(2)10-12-19/h5-16H,4H2,1-3H3/b25-15+. The number of fused-ring (bicyclic) bond motifs is 2. The summed E-state index contributed by atoms with van der Waals surface area (Å²) in [5.74, 6) is 0.424. The number of allylic oxidation sites excluding steroid dienone is 1. The third-order valence-corrected chi connectivity index (χ3v) is 5.97. The minimum absolute atomic E-state index is 0.183. The molecule has 0 bridgehead atoms. The molecule has 33 heavy (non-hydrogen) atoms. The van der Waals surface area contributed by atoms with Gasteiger partial charge in [-0.15, -0.1) is 0 Å². The number of ketones is 1. The molecule has 0 amide bonds. The smallest absolute Gasteiger partial charge is 0.343 e. The topological polar surface area (TPSA) is 57.5 Å². The maximum atomic E-state index is 13.0. The Labute approximate surface area is 191 Å². The molecule has 5 nitrogen and oxygen atoms in total. The molecule has 0 atom stereocenters. The number of esters is 1. The van der Waals surface area contributed by atoms with Crippen LogP contribution < -0.4 is 9.47 Å². The second kappa shape index (κ2) is 8.10. The minimum atomic E-state index is -0.453. The van der Waals surface area contributed by atoms with Crippen molar-refractivity contribution in [3.05, 3.63) is 100 Å². The number of hydrogen-bond donors (Lipinski definition) is 0. The lowest BCUT2D eigenvalue weighted by Crippen LogP contribution is -2.09. The van der Waals surface area contributed by atoms with Gasteiger partial charge in [0, 0.05) is 34.8 Å². The molecule has 0 saturated carbocycles. The number of hydrogen-bond acceptors (Lipinski definition) is 4. The number of aryl methyl sites for hydroxylation is 2. The van der Waals surface area contributed by atoms with E-state index in [-0.39, 0.29) is 11.5 Å². The first-order chi connectivity index (χ1) is 16.0. The van der Waals surface area contributed by atoms with E-state index in [0.717, 1.165) is 28.6 Å². The van der Waals surface area contributed by atoms with Crippen LogP contribution in [0.5, 0.6) is 11.5 Å². The highest BCUT2D eigenvalue weighted by Crippen LogP contribution is 2.40. The first-order valence-electron chi connectivity index (χ1n) is 10.9. The predicted octanol–water partition coefficient (Wildman–Crippen LogP) is 6.11. The summed E-state index contributed by atoms with van der Waals surface area (Å²) in [7, 11) is 0. The summed E-state index contributed by atoms with van der Waals surface area (Å²) >= 11 is 0. The van der Waals surface area contributed by atoms with Crippen LogP contribution in [-0.2, 0) is 6.54 Å². The van der Waals surface area contributed by atoms with Crippen molar-refractivity contribution < 1.29 is 19.1 Å². The molecule has 5 rings (SSSR count). The highest BCUT2D eigenvalue weighted by atomic mass is 16.5. The Morgan fingerprint density at radius 2 is 1.79 bits per heavy atom. The Morgan fingerprint density at radius 1 is 1.03 bits per heavy atom. The zero-order valence-corrected chi connectivity index (χ0v) is 18.7. The van der Waals surface area contributed by atoms with Gasteiger partial charge in [0.2, 0.25) is 5.78 Å². The van der Waals surface area contributed by atoms with Gasteiger partial charge < -0.3 is 14.0 Å². The van der Waals surface area contributed by atoms with E-state index in [1.807, 2.05) is 43.5 Å². The Kier molecular flexibility index (Phi) is 5.09. The number of ether oxygens (including phenoxy) is 2. The molecule has 0 fully saturated rings. The lowest BCUT2D eigenvalue weighted by atomic mass is 10.1. The normalized spacial score (nSPS) is 13.9. The minimum Gasteiger partial charge on any atom is -0.452 e. The van der Waals surface area contributed by atoms with Crippen molar-refractivity contribution in [1.82, 2.24) is 4.57 Å². The van der Waals surface area contributed by atoms with E-state index in [1.165, 1.54) is 0 Å². The molecule has 0 aliphatic carbocycles. The summed E-state index contributed by atoms with van der Waals surface area (Å²) in [4.78, 5) is 25.6. The largest absolute Gasteiger partial charge is 0.452 e. The number of rotatable bonds is 4. The van der Waals surface area contributed by atoms with Gasteiger partial charge in [-0.1, -0.05) is 35.9 Å². The van der Waals surface area contributed by atoms with E-state index in [9.17, 15) is 9.59 Å². The Morgan fingerprint density at radius 3 is 2.55 bits per heavy atom. The molecule has 0 radical (unpaired) electrons. The number of nitrogens with zero attached hydrogens (tertiary/aromatic N) is 1. The van der Waals surface area contributed by atoms with Gasteiger partial charge in [0.25, 0.3) is 0 Å². The molecule has 4 aromatic rings. The van der Waals surface area contributed by atoms with Crippen molar-refractivity contribution in [2.75, 3.05) is 0 Å². The van der Waals surface area contributed by atoms with Gasteiger partial charge >= 0.3 is 5.97 Å². The van der Waals surface area contributed by atoms with Crippen molar-refractivity contribution in [3.63, 3.8) is 0 Å². The fourth-order valence-electron chi connectivity index (χ4n) is 4.12. The quantitative estimate of drug-likeness (QED) is 0.219. The molecule has 0 spiro atoms. The third kappa shape index (κ3) is 3.61. The van der Waals surface area contributed by atoms with Crippen molar-refractivity contribution >= 4 is 28.7 Å². The maximum Gasteiger partial charge on any atom is 0.343 e. The lowest BCUT2D eigenvalue weighted by Gasteiger charge is -2.10. The van der Waals surface area contributed by atoms with E-state index < -0.39 is 5.97 Å². The van der Waals surface area contributed by atoms with E-state index in [0.29, 0.717) is 28.2 Å². The van der Waals surface area contributed by atoms with Crippen molar-refractivity contribution in [2.24, 2.45) is 0 Å². The van der Waals surface area contributed by atoms with Gasteiger partial charge in [-0.05, 0) is 57.2 Å². The van der Waals surface area contributed by atoms with E-state index in [4.69, 9.17) is 9.47 Å². The number of carbonyl (C=O) groups is 2. The highest BCUT2D eigenvalue weighted by molar-refractivity contribution is 6.15. The monoisotopic (exact) mass is 437 g/mol. The number of para-hydroxylation sites is 1. The fraction of sp³-hybridized carbons (Fsp3) is 0.143. The van der Waals surface area contributed by atoms with Crippen LogP contribution >= 0.6 is 0 Å². The number of aromatic nitrogens is 1. The average Bonchev–Trinajstić information content (AvgIpc) is 3.34. The summed E-state index contributed by atoms with van der Waals surface area (Å²) in [6.07, 6.45) is 3.81. The summed E-state index contributed by atoms with van der Waals surface area (Å²) in [5.41, 5.74) is 4.64. The van der Waals surface area contributed by atoms with Crippen molar-refractivity contribution in [2.45, 2.75) is 27.3 Å². The molecule has 3 aromatic carbocycles. The molecule has 1 aliphatic heterocycles. The van der Waals surface area contributed by atoms with Gasteiger partial charge in [-0.2, -0.15) is 0 Å². The molecular weight excluding hydrogens is 414 g/mol. The lowest BCUT2D eigenvalue weighted by molar-refractivity contribution is 0.0733. The summed E-state index contributed by atoms with van der Waals surface area (Å²) in [5, 5.41) is 1.06. The SMILES string of the molecule is CCn1cc(/C=C2/Oc3c(ccc(OC(=O)c4ccc(C)cc4)c3C)C2=O)c2ccccc21. The molecule has 1 aliphatic rings. The van der Waals surface area contributed by atoms with E-state index in [1.54, 1.807) is 37.3 Å². The average molecular weight is 437 g/mol. The third-order valence-electron chi connectivity index (χ3n) is 5.97. The molecule has 0 N–H and O–H groups in total. The second-order valence-electron chi connectivity index (χ2n) is 8.15. The molecule has 5 heteroatoms. The Balaban J connectivity index is 1.46. The second-order valence-corrected chi connectivity index (χ2v) is 8.15. The van der Waals surface area contributed by atoms with Gasteiger partial charge in [-0.25, -0.2) is 4.79 Å². The van der Waals surface area contributed by atoms with E-state index >= 15 is 0 Å². The first-order valence-corrected chi connectivity index (χ1v) is 10.9. The Bertz CT molecular complexity index is 1440. The van der Waals surface area contributed by atoms with Crippen LogP contribution in [0.15, 0.2) is 72.6 Å². The van der Waals surface area contributed by atoms with Crippen molar-refractivity contribution in [1.29, 1.82) is 0 Å². The number of carbonyl (C=O) groups excluding carboxylic acids is 2.